The van der Waals surface area contributed by atoms with Crippen LogP contribution in [0.25, 0.3) is 0 Å². The quantitative estimate of drug-likeness (QED) is 0.193. The first-order valence-electron chi connectivity index (χ1n) is 10.9. The Hall–Kier alpha value is -4.09. The van der Waals surface area contributed by atoms with E-state index in [1.54, 1.807) is 14.2 Å². The van der Waals surface area contributed by atoms with Crippen molar-refractivity contribution in [3.8, 4) is 11.5 Å². The third-order valence-electron chi connectivity index (χ3n) is 4.84. The van der Waals surface area contributed by atoms with Gasteiger partial charge in [-0.2, -0.15) is 10.2 Å². The number of pyridine rings is 1. The lowest BCUT2D eigenvalue weighted by Gasteiger charge is -2.10. The minimum Gasteiger partial charge on any atom is -0.497 e. The van der Waals surface area contributed by atoms with Gasteiger partial charge in [-0.15, -0.1) is 0 Å². The number of hydrogen-bond donors (Lipinski definition) is 4. The van der Waals surface area contributed by atoms with Crippen LogP contribution in [0.15, 0.2) is 76.9 Å². The van der Waals surface area contributed by atoms with Crippen LogP contribution >= 0.6 is 24.4 Å². The summed E-state index contributed by atoms with van der Waals surface area (Å²) >= 11 is 10.6. The largest absolute Gasteiger partial charge is 0.497 e. The minimum atomic E-state index is 0.357. The van der Waals surface area contributed by atoms with E-state index in [-0.39, 0.29) is 0 Å². The second-order valence-electron chi connectivity index (χ2n) is 7.39. The molecule has 4 N–H and O–H groups in total. The van der Waals surface area contributed by atoms with E-state index in [0.29, 0.717) is 33.0 Å². The summed E-state index contributed by atoms with van der Waals surface area (Å²) < 4.78 is 10.3. The van der Waals surface area contributed by atoms with Crippen LogP contribution in [0.4, 0.5) is 11.4 Å². The highest BCUT2D eigenvalue weighted by molar-refractivity contribution is 7.80. The van der Waals surface area contributed by atoms with E-state index in [0.717, 1.165) is 22.9 Å². The van der Waals surface area contributed by atoms with Crippen LogP contribution in [0.1, 0.15) is 25.2 Å². The van der Waals surface area contributed by atoms with Crippen molar-refractivity contribution in [2.24, 2.45) is 10.2 Å². The van der Waals surface area contributed by atoms with Gasteiger partial charge in [0, 0.05) is 11.4 Å². The highest BCUT2D eigenvalue weighted by atomic mass is 32.1. The first-order chi connectivity index (χ1) is 17.4. The van der Waals surface area contributed by atoms with Crippen molar-refractivity contribution in [1.82, 2.24) is 15.8 Å². The number of anilines is 2. The van der Waals surface area contributed by atoms with Crippen LogP contribution < -0.4 is 31.0 Å². The summed E-state index contributed by atoms with van der Waals surface area (Å²) in [6, 6.07) is 20.4. The Kier molecular flexibility index (Phi) is 9.66. The van der Waals surface area contributed by atoms with E-state index >= 15 is 0 Å². The average Bonchev–Trinajstić information content (AvgIpc) is 2.91. The second-order valence-corrected chi connectivity index (χ2v) is 8.21. The number of methoxy groups -OCH3 is 2. The van der Waals surface area contributed by atoms with E-state index < -0.39 is 0 Å². The molecule has 0 bridgehead atoms. The molecule has 0 aliphatic rings. The van der Waals surface area contributed by atoms with Crippen LogP contribution in [0.2, 0.25) is 0 Å². The molecule has 2 aromatic carbocycles. The lowest BCUT2D eigenvalue weighted by atomic mass is 10.2. The zero-order chi connectivity index (χ0) is 25.9. The summed E-state index contributed by atoms with van der Waals surface area (Å²) in [6.45, 7) is 3.68. The van der Waals surface area contributed by atoms with E-state index in [9.17, 15) is 0 Å². The molecule has 9 nitrogen and oxygen atoms in total. The average molecular weight is 522 g/mol. The number of benzene rings is 2. The number of hydrazone groups is 2. The van der Waals surface area contributed by atoms with Gasteiger partial charge in [0.1, 0.15) is 11.5 Å². The van der Waals surface area contributed by atoms with Crippen LogP contribution in [0.3, 0.4) is 0 Å². The molecule has 0 aliphatic carbocycles. The van der Waals surface area contributed by atoms with Gasteiger partial charge in [-0.05, 0) is 98.9 Å². The molecule has 3 aromatic rings. The summed E-state index contributed by atoms with van der Waals surface area (Å²) in [4.78, 5) is 4.64. The molecule has 0 saturated carbocycles. The zero-order valence-electron chi connectivity index (χ0n) is 20.3. The van der Waals surface area contributed by atoms with E-state index in [1.807, 2.05) is 80.6 Å². The van der Waals surface area contributed by atoms with Gasteiger partial charge in [-0.25, -0.2) is 4.98 Å². The maximum atomic E-state index is 5.32. The van der Waals surface area contributed by atoms with Gasteiger partial charge < -0.3 is 20.1 Å². The predicted octanol–water partition coefficient (Wildman–Crippen LogP) is 4.52. The number of hydrogen-bond acceptors (Lipinski definition) is 7. The van der Waals surface area contributed by atoms with E-state index in [4.69, 9.17) is 33.9 Å². The fourth-order valence-electron chi connectivity index (χ4n) is 2.89. The number of nitrogens with one attached hydrogen (secondary N) is 4. The van der Waals surface area contributed by atoms with E-state index in [1.165, 1.54) is 0 Å². The second kappa shape index (κ2) is 13.1. The SMILES string of the molecule is COc1ccc(NC(=S)N/N=C(/C)c2cccc(/C(C)=N\NC(=S)Nc3ccc(OC)cc3)n2)cc1. The number of nitrogens with zero attached hydrogens (tertiary/aromatic N) is 3. The number of rotatable bonds is 8. The highest BCUT2D eigenvalue weighted by Gasteiger charge is 2.06. The van der Waals surface area contributed by atoms with Gasteiger partial charge in [0.25, 0.3) is 0 Å². The Bertz CT molecular complexity index is 1170. The van der Waals surface area contributed by atoms with Crippen molar-refractivity contribution in [2.45, 2.75) is 13.8 Å². The molecule has 186 valence electrons. The first kappa shape index (κ1) is 26.5. The summed E-state index contributed by atoms with van der Waals surface area (Å²) in [5, 5.41) is 15.5. The van der Waals surface area contributed by atoms with Crippen molar-refractivity contribution in [3.63, 3.8) is 0 Å². The fraction of sp³-hybridized carbons (Fsp3) is 0.160. The number of aromatic nitrogens is 1. The van der Waals surface area contributed by atoms with Gasteiger partial charge in [0.05, 0.1) is 37.0 Å². The van der Waals surface area contributed by atoms with Crippen molar-refractivity contribution >= 4 is 57.5 Å². The Morgan fingerprint density at radius 2 is 1.06 bits per heavy atom. The fourth-order valence-corrected chi connectivity index (χ4v) is 3.22. The lowest BCUT2D eigenvalue weighted by molar-refractivity contribution is 0.415. The van der Waals surface area contributed by atoms with Crippen molar-refractivity contribution in [3.05, 3.63) is 78.1 Å². The molecule has 0 aliphatic heterocycles. The third-order valence-corrected chi connectivity index (χ3v) is 5.22. The van der Waals surface area contributed by atoms with E-state index in [2.05, 4.69) is 36.7 Å². The Morgan fingerprint density at radius 3 is 1.42 bits per heavy atom. The van der Waals surface area contributed by atoms with Gasteiger partial charge in [-0.1, -0.05) is 6.07 Å². The smallest absolute Gasteiger partial charge is 0.191 e. The maximum Gasteiger partial charge on any atom is 0.191 e. The number of thiocarbonyl (C=S) groups is 2. The Balaban J connectivity index is 1.57. The molecule has 1 heterocycles. The molecule has 0 radical (unpaired) electrons. The molecular weight excluding hydrogens is 494 g/mol. The van der Waals surface area contributed by atoms with Crippen molar-refractivity contribution in [2.75, 3.05) is 24.9 Å². The maximum absolute atomic E-state index is 5.32. The summed E-state index contributed by atoms with van der Waals surface area (Å²) in [6.07, 6.45) is 0. The van der Waals surface area contributed by atoms with Crippen molar-refractivity contribution < 1.29 is 9.47 Å². The molecule has 3 rings (SSSR count). The van der Waals surface area contributed by atoms with Crippen LogP contribution in [-0.2, 0) is 0 Å². The molecule has 0 saturated heterocycles. The minimum absolute atomic E-state index is 0.357. The number of ether oxygens (including phenoxy) is 2. The first-order valence-corrected chi connectivity index (χ1v) is 11.7. The van der Waals surface area contributed by atoms with Crippen LogP contribution in [-0.4, -0.2) is 40.9 Å². The monoisotopic (exact) mass is 521 g/mol. The van der Waals surface area contributed by atoms with Gasteiger partial charge in [-0.3, -0.25) is 10.9 Å². The third kappa shape index (κ3) is 8.00. The summed E-state index contributed by atoms with van der Waals surface area (Å²) in [5.74, 6) is 1.53. The molecule has 11 heteroatoms. The van der Waals surface area contributed by atoms with Gasteiger partial charge in [0.2, 0.25) is 0 Å². The van der Waals surface area contributed by atoms with Crippen LogP contribution in [0, 0.1) is 0 Å². The summed E-state index contributed by atoms with van der Waals surface area (Å²) in [7, 11) is 3.24. The molecule has 0 unspecified atom stereocenters. The predicted molar refractivity (Wildman–Crippen MR) is 153 cm³/mol. The molecule has 0 atom stereocenters. The normalized spacial score (nSPS) is 11.3. The molecule has 0 amide bonds. The molecular formula is C25H27N7O2S2. The van der Waals surface area contributed by atoms with Gasteiger partial charge in [0.15, 0.2) is 10.2 Å². The Morgan fingerprint density at radius 1 is 0.667 bits per heavy atom. The molecule has 0 spiro atoms. The molecule has 1 aromatic heterocycles. The lowest BCUT2D eigenvalue weighted by Crippen LogP contribution is -2.25. The molecule has 0 fully saturated rings. The van der Waals surface area contributed by atoms with Crippen molar-refractivity contribution in [1.29, 1.82) is 0 Å². The molecule has 36 heavy (non-hydrogen) atoms. The van der Waals surface area contributed by atoms with Gasteiger partial charge >= 0.3 is 0 Å². The summed E-state index contributed by atoms with van der Waals surface area (Å²) in [5.41, 5.74) is 10.00. The van der Waals surface area contributed by atoms with Crippen LogP contribution in [0.5, 0.6) is 11.5 Å². The highest BCUT2D eigenvalue weighted by Crippen LogP contribution is 2.15. The standard InChI is InChI=1S/C25H27N7O2S2/c1-16(29-31-24(35)26-18-8-12-20(33-3)13-9-18)22-6-5-7-23(28-22)17(2)30-32-25(36)27-19-10-14-21(34-4)15-11-19/h5-15H,1-4H3,(H2,26,31,35)(H2,27,32,36)/b29-16-,30-17-. The zero-order valence-corrected chi connectivity index (χ0v) is 22.0. The topological polar surface area (TPSA) is 104 Å². The Labute approximate surface area is 221 Å².